The molecule has 0 radical (unpaired) electrons. The Morgan fingerprint density at radius 2 is 2.10 bits per heavy atom. The zero-order chi connectivity index (χ0) is 15.8. The third kappa shape index (κ3) is 6.50. The van der Waals surface area contributed by atoms with Crippen LogP contribution in [0.2, 0.25) is 10.0 Å². The highest BCUT2D eigenvalue weighted by Crippen LogP contribution is 2.21. The molecule has 0 spiro atoms. The molecule has 9 heteroatoms. The van der Waals surface area contributed by atoms with E-state index in [0.29, 0.717) is 29.0 Å². The number of carboxylic acid groups (broad SMARTS) is 1. The number of carboxylic acids is 1. The van der Waals surface area contributed by atoms with E-state index in [0.717, 1.165) is 0 Å². The number of nitrogens with one attached hydrogen (secondary N) is 2. The van der Waals surface area contributed by atoms with Crippen LogP contribution in [0.3, 0.4) is 0 Å². The van der Waals surface area contributed by atoms with E-state index in [-0.39, 0.29) is 19.0 Å². The van der Waals surface area contributed by atoms with E-state index < -0.39 is 5.97 Å². The molecule has 1 heterocycles. The second kappa shape index (κ2) is 8.53. The molecule has 2 amide bonds. The van der Waals surface area contributed by atoms with Gasteiger partial charge in [0.2, 0.25) is 0 Å². The van der Waals surface area contributed by atoms with Crippen molar-refractivity contribution in [1.29, 1.82) is 0 Å². The van der Waals surface area contributed by atoms with Gasteiger partial charge in [0.05, 0.1) is 16.5 Å². The van der Waals surface area contributed by atoms with E-state index in [9.17, 15) is 9.59 Å². The molecule has 0 aliphatic rings. The van der Waals surface area contributed by atoms with Crippen LogP contribution < -0.4 is 10.6 Å². The highest BCUT2D eigenvalue weighted by atomic mass is 35.5. The molecular weight excluding hydrogens is 319 g/mol. The zero-order valence-corrected chi connectivity index (χ0v) is 12.9. The number of pyridine rings is 1. The molecule has 1 aromatic heterocycles. The molecule has 0 saturated heterocycles. The van der Waals surface area contributed by atoms with Crippen LogP contribution in [0.15, 0.2) is 12.3 Å². The number of rotatable bonds is 7. The van der Waals surface area contributed by atoms with Crippen molar-refractivity contribution in [2.75, 3.05) is 32.0 Å². The van der Waals surface area contributed by atoms with E-state index in [1.807, 2.05) is 0 Å². The molecule has 116 valence electrons. The van der Waals surface area contributed by atoms with E-state index in [4.69, 9.17) is 28.3 Å². The van der Waals surface area contributed by atoms with Gasteiger partial charge in [0.15, 0.2) is 0 Å². The number of nitrogens with zero attached hydrogens (tertiary/aromatic N) is 2. The molecule has 0 atom stereocenters. The van der Waals surface area contributed by atoms with Crippen LogP contribution in [-0.4, -0.2) is 53.7 Å². The monoisotopic (exact) mass is 334 g/mol. The molecule has 0 unspecified atom stereocenters. The van der Waals surface area contributed by atoms with Crippen molar-refractivity contribution < 1.29 is 14.7 Å². The number of aliphatic carboxylic acids is 1. The fraction of sp³-hybridized carbons (Fsp3) is 0.417. The summed E-state index contributed by atoms with van der Waals surface area (Å²) in [4.78, 5) is 27.3. The quantitative estimate of drug-likeness (QED) is 0.662. The van der Waals surface area contributed by atoms with Crippen LogP contribution in [0.5, 0.6) is 0 Å². The van der Waals surface area contributed by atoms with Gasteiger partial charge in [-0.15, -0.1) is 0 Å². The topological polar surface area (TPSA) is 94.6 Å². The van der Waals surface area contributed by atoms with Crippen molar-refractivity contribution in [3.63, 3.8) is 0 Å². The van der Waals surface area contributed by atoms with Gasteiger partial charge in [-0.2, -0.15) is 0 Å². The first-order valence-corrected chi connectivity index (χ1v) is 6.91. The first kappa shape index (κ1) is 17.3. The van der Waals surface area contributed by atoms with E-state index >= 15 is 0 Å². The summed E-state index contributed by atoms with van der Waals surface area (Å²) >= 11 is 11.7. The summed E-state index contributed by atoms with van der Waals surface area (Å²) in [5.74, 6) is -0.464. The van der Waals surface area contributed by atoms with E-state index in [1.165, 1.54) is 18.1 Å². The van der Waals surface area contributed by atoms with Crippen LogP contribution >= 0.6 is 23.2 Å². The fourth-order valence-electron chi connectivity index (χ4n) is 1.39. The summed E-state index contributed by atoms with van der Waals surface area (Å²) in [6.45, 7) is 0.920. The highest BCUT2D eigenvalue weighted by molar-refractivity contribution is 6.35. The molecule has 0 aliphatic carbocycles. The minimum Gasteiger partial charge on any atom is -0.481 e. The number of hydrogen-bond acceptors (Lipinski definition) is 4. The second-order valence-electron chi connectivity index (χ2n) is 4.21. The summed E-state index contributed by atoms with van der Waals surface area (Å²) in [5, 5.41) is 15.0. The van der Waals surface area contributed by atoms with Gasteiger partial charge >= 0.3 is 12.0 Å². The lowest BCUT2D eigenvalue weighted by molar-refractivity contribution is -0.137. The zero-order valence-electron chi connectivity index (χ0n) is 11.4. The van der Waals surface area contributed by atoms with Crippen molar-refractivity contribution in [2.24, 2.45) is 0 Å². The molecule has 21 heavy (non-hydrogen) atoms. The average molecular weight is 335 g/mol. The van der Waals surface area contributed by atoms with Gasteiger partial charge in [0.1, 0.15) is 5.82 Å². The lowest BCUT2D eigenvalue weighted by Crippen LogP contribution is -2.40. The first-order chi connectivity index (χ1) is 9.90. The number of anilines is 1. The Morgan fingerprint density at radius 1 is 1.38 bits per heavy atom. The molecule has 0 aromatic carbocycles. The smallest absolute Gasteiger partial charge is 0.317 e. The third-order valence-electron chi connectivity index (χ3n) is 2.51. The summed E-state index contributed by atoms with van der Waals surface area (Å²) < 4.78 is 0. The third-order valence-corrected chi connectivity index (χ3v) is 3.00. The number of hydrogen-bond donors (Lipinski definition) is 3. The average Bonchev–Trinajstić information content (AvgIpc) is 2.42. The maximum atomic E-state index is 11.6. The van der Waals surface area contributed by atoms with Crippen molar-refractivity contribution in [3.05, 3.63) is 22.3 Å². The molecular formula is C12H16Cl2N4O3. The minimum absolute atomic E-state index is 0.0908. The number of carbonyl (C=O) groups is 2. The number of amides is 2. The molecule has 1 aromatic rings. The van der Waals surface area contributed by atoms with E-state index in [1.54, 1.807) is 6.07 Å². The molecule has 7 nitrogen and oxygen atoms in total. The summed E-state index contributed by atoms with van der Waals surface area (Å²) in [6, 6.07) is 1.23. The van der Waals surface area contributed by atoms with Crippen LogP contribution in [0, 0.1) is 0 Å². The molecule has 3 N–H and O–H groups in total. The van der Waals surface area contributed by atoms with Crippen molar-refractivity contribution in [3.8, 4) is 0 Å². The first-order valence-electron chi connectivity index (χ1n) is 6.16. The Balaban J connectivity index is 2.27. The Morgan fingerprint density at radius 3 is 2.71 bits per heavy atom. The lowest BCUT2D eigenvalue weighted by atomic mass is 10.4. The van der Waals surface area contributed by atoms with Gasteiger partial charge in [-0.25, -0.2) is 9.78 Å². The highest BCUT2D eigenvalue weighted by Gasteiger charge is 2.09. The van der Waals surface area contributed by atoms with Crippen molar-refractivity contribution >= 4 is 41.0 Å². The number of aromatic nitrogens is 1. The van der Waals surface area contributed by atoms with Gasteiger partial charge in [-0.3, -0.25) is 4.79 Å². The van der Waals surface area contributed by atoms with Crippen LogP contribution in [0.25, 0.3) is 0 Å². The summed E-state index contributed by atoms with van der Waals surface area (Å²) in [6.07, 6.45) is 1.38. The van der Waals surface area contributed by atoms with Crippen LogP contribution in [-0.2, 0) is 4.79 Å². The molecule has 1 rings (SSSR count). The number of urea groups is 1. The molecule has 0 bridgehead atoms. The predicted octanol–water partition coefficient (Wildman–Crippen LogP) is 1.92. The minimum atomic E-state index is -0.945. The van der Waals surface area contributed by atoms with E-state index in [2.05, 4.69) is 15.6 Å². The standard InChI is InChI=1S/C12H16Cl2N4O3/c1-18(5-2-10(19)20)12(21)16-4-3-15-11-9(14)6-8(13)7-17-11/h6-7H,2-5H2,1H3,(H,15,17)(H,16,21)(H,19,20). The molecule has 0 aliphatic heterocycles. The Hall–Kier alpha value is -1.73. The van der Waals surface area contributed by atoms with Crippen LogP contribution in [0.1, 0.15) is 6.42 Å². The van der Waals surface area contributed by atoms with Gasteiger partial charge in [-0.1, -0.05) is 23.2 Å². The second-order valence-corrected chi connectivity index (χ2v) is 5.05. The largest absolute Gasteiger partial charge is 0.481 e. The number of halogens is 2. The van der Waals surface area contributed by atoms with Gasteiger partial charge in [0.25, 0.3) is 0 Å². The molecule has 0 saturated carbocycles. The maximum absolute atomic E-state index is 11.6. The van der Waals surface area contributed by atoms with Gasteiger partial charge < -0.3 is 20.6 Å². The SMILES string of the molecule is CN(CCC(=O)O)C(=O)NCCNc1ncc(Cl)cc1Cl. The van der Waals surface area contributed by atoms with Crippen LogP contribution in [0.4, 0.5) is 10.6 Å². The number of carbonyl (C=O) groups excluding carboxylic acids is 1. The van der Waals surface area contributed by atoms with Gasteiger partial charge in [0, 0.05) is 32.9 Å². The normalized spacial score (nSPS) is 10.0. The van der Waals surface area contributed by atoms with Gasteiger partial charge in [-0.05, 0) is 6.07 Å². The Bertz CT molecular complexity index is 513. The Kier molecular flexibility index (Phi) is 7.04. The molecule has 0 fully saturated rings. The van der Waals surface area contributed by atoms with Crippen molar-refractivity contribution in [2.45, 2.75) is 6.42 Å². The maximum Gasteiger partial charge on any atom is 0.317 e. The summed E-state index contributed by atoms with van der Waals surface area (Å²) in [5.41, 5.74) is 0. The Labute approximate surface area is 132 Å². The van der Waals surface area contributed by atoms with Crippen molar-refractivity contribution in [1.82, 2.24) is 15.2 Å². The lowest BCUT2D eigenvalue weighted by Gasteiger charge is -2.17. The predicted molar refractivity (Wildman–Crippen MR) is 81.0 cm³/mol. The summed E-state index contributed by atoms with van der Waals surface area (Å²) in [7, 11) is 1.53. The fourth-order valence-corrected chi connectivity index (χ4v) is 1.84.